The molecule has 1 aromatic rings. The number of aromatic hydroxyl groups is 1. The number of phenols is 1. The molecular formula is C9H10O3. The lowest BCUT2D eigenvalue weighted by Gasteiger charge is -2.22. The highest BCUT2D eigenvalue weighted by Gasteiger charge is 2.21. The van der Waals surface area contributed by atoms with Crippen molar-refractivity contribution in [2.45, 2.75) is 12.5 Å². The first kappa shape index (κ1) is 7.43. The summed E-state index contributed by atoms with van der Waals surface area (Å²) in [4.78, 5) is 0. The molecule has 0 saturated heterocycles. The quantitative estimate of drug-likeness (QED) is 0.609. The van der Waals surface area contributed by atoms with Crippen molar-refractivity contribution in [3.63, 3.8) is 0 Å². The summed E-state index contributed by atoms with van der Waals surface area (Å²) in [5.41, 5.74) is 0.517. The minimum absolute atomic E-state index is 0.111. The molecule has 1 aromatic carbocycles. The van der Waals surface area contributed by atoms with E-state index in [1.165, 1.54) is 0 Å². The van der Waals surface area contributed by atoms with Gasteiger partial charge in [-0.15, -0.1) is 0 Å². The number of hydrogen-bond acceptors (Lipinski definition) is 3. The number of phenolic OH excluding ortho intramolecular Hbond substituents is 1. The van der Waals surface area contributed by atoms with Gasteiger partial charge in [-0.25, -0.2) is 0 Å². The molecule has 1 unspecified atom stereocenters. The summed E-state index contributed by atoms with van der Waals surface area (Å²) in [6, 6.07) is 5.00. The van der Waals surface area contributed by atoms with Gasteiger partial charge in [0, 0.05) is 6.42 Å². The third kappa shape index (κ3) is 1.02. The first-order chi connectivity index (χ1) is 5.79. The summed E-state index contributed by atoms with van der Waals surface area (Å²) in [5, 5.41) is 18.9. The predicted molar refractivity (Wildman–Crippen MR) is 43.2 cm³/mol. The van der Waals surface area contributed by atoms with E-state index in [9.17, 15) is 10.2 Å². The zero-order valence-corrected chi connectivity index (χ0v) is 6.53. The van der Waals surface area contributed by atoms with Gasteiger partial charge in [-0.05, 0) is 12.1 Å². The van der Waals surface area contributed by atoms with Gasteiger partial charge in [-0.3, -0.25) is 0 Å². The molecule has 1 aliphatic rings. The van der Waals surface area contributed by atoms with E-state index >= 15 is 0 Å². The molecule has 0 aromatic heterocycles. The van der Waals surface area contributed by atoms with Crippen molar-refractivity contribution in [2.75, 3.05) is 6.61 Å². The molecule has 3 heteroatoms. The third-order valence-corrected chi connectivity index (χ3v) is 2.03. The molecule has 0 fully saturated rings. The van der Waals surface area contributed by atoms with Crippen LogP contribution in [0.1, 0.15) is 18.1 Å². The van der Waals surface area contributed by atoms with Crippen LogP contribution in [0.3, 0.4) is 0 Å². The Hall–Kier alpha value is -1.22. The van der Waals surface area contributed by atoms with Crippen LogP contribution in [-0.2, 0) is 0 Å². The molecule has 0 radical (unpaired) electrons. The number of hydrogen-bond donors (Lipinski definition) is 2. The lowest BCUT2D eigenvalue weighted by Crippen LogP contribution is -2.13. The smallest absolute Gasteiger partial charge is 0.128 e. The fourth-order valence-corrected chi connectivity index (χ4v) is 1.42. The molecule has 0 amide bonds. The number of benzene rings is 1. The minimum Gasteiger partial charge on any atom is -0.507 e. The van der Waals surface area contributed by atoms with E-state index < -0.39 is 6.10 Å². The molecule has 1 heterocycles. The Bertz CT molecular complexity index is 296. The predicted octanol–water partition coefficient (Wildman–Crippen LogP) is 1.21. The number of fused-ring (bicyclic) bond motifs is 1. The van der Waals surface area contributed by atoms with Gasteiger partial charge in [0.15, 0.2) is 0 Å². The fraction of sp³-hybridized carbons (Fsp3) is 0.333. The van der Waals surface area contributed by atoms with E-state index in [0.717, 1.165) is 0 Å². The zero-order valence-electron chi connectivity index (χ0n) is 6.53. The van der Waals surface area contributed by atoms with Crippen molar-refractivity contribution in [1.82, 2.24) is 0 Å². The molecule has 0 bridgehead atoms. The van der Waals surface area contributed by atoms with E-state index in [0.29, 0.717) is 24.3 Å². The number of aliphatic hydroxyl groups is 1. The Kier molecular flexibility index (Phi) is 1.66. The SMILES string of the molecule is Oc1cccc2c1C(O)CCO2. The lowest BCUT2D eigenvalue weighted by atomic mass is 10.0. The van der Waals surface area contributed by atoms with Crippen LogP contribution in [0, 0.1) is 0 Å². The Morgan fingerprint density at radius 1 is 1.42 bits per heavy atom. The molecule has 12 heavy (non-hydrogen) atoms. The summed E-state index contributed by atoms with van der Waals surface area (Å²) < 4.78 is 5.25. The lowest BCUT2D eigenvalue weighted by molar-refractivity contribution is 0.112. The van der Waals surface area contributed by atoms with E-state index in [2.05, 4.69) is 0 Å². The molecule has 2 N–H and O–H groups in total. The molecular weight excluding hydrogens is 156 g/mol. The normalized spacial score (nSPS) is 21.2. The third-order valence-electron chi connectivity index (χ3n) is 2.03. The maximum atomic E-state index is 9.50. The molecule has 1 atom stereocenters. The van der Waals surface area contributed by atoms with Crippen LogP contribution in [0.4, 0.5) is 0 Å². The number of aliphatic hydroxyl groups excluding tert-OH is 1. The van der Waals surface area contributed by atoms with Crippen LogP contribution in [0.25, 0.3) is 0 Å². The standard InChI is InChI=1S/C9H10O3/c10-6-2-1-3-8-9(6)7(11)4-5-12-8/h1-3,7,10-11H,4-5H2. The fourth-order valence-electron chi connectivity index (χ4n) is 1.42. The molecule has 1 aliphatic heterocycles. The summed E-state index contributed by atoms with van der Waals surface area (Å²) in [6.07, 6.45) is -0.0418. The molecule has 3 nitrogen and oxygen atoms in total. The Morgan fingerprint density at radius 2 is 2.25 bits per heavy atom. The largest absolute Gasteiger partial charge is 0.507 e. The summed E-state index contributed by atoms with van der Waals surface area (Å²) in [5.74, 6) is 0.702. The maximum absolute atomic E-state index is 9.50. The first-order valence-electron chi connectivity index (χ1n) is 3.92. The Labute approximate surface area is 70.2 Å². The highest BCUT2D eigenvalue weighted by atomic mass is 16.5. The van der Waals surface area contributed by atoms with Gasteiger partial charge in [0.1, 0.15) is 11.5 Å². The van der Waals surface area contributed by atoms with Crippen molar-refractivity contribution in [3.05, 3.63) is 23.8 Å². The molecule has 2 rings (SSSR count). The van der Waals surface area contributed by atoms with Gasteiger partial charge in [-0.2, -0.15) is 0 Å². The highest BCUT2D eigenvalue weighted by molar-refractivity contribution is 5.46. The minimum atomic E-state index is -0.588. The van der Waals surface area contributed by atoms with Crippen molar-refractivity contribution in [1.29, 1.82) is 0 Å². The van der Waals surface area contributed by atoms with Crippen molar-refractivity contribution < 1.29 is 14.9 Å². The van der Waals surface area contributed by atoms with Gasteiger partial charge in [0.2, 0.25) is 0 Å². The zero-order chi connectivity index (χ0) is 8.55. The average Bonchev–Trinajstić information content (AvgIpc) is 2.04. The van der Waals surface area contributed by atoms with Gasteiger partial charge in [-0.1, -0.05) is 6.07 Å². The second kappa shape index (κ2) is 2.68. The Balaban J connectivity index is 2.53. The molecule has 0 saturated carbocycles. The van der Waals surface area contributed by atoms with Crippen LogP contribution < -0.4 is 4.74 Å². The molecule has 0 spiro atoms. The van der Waals surface area contributed by atoms with Crippen molar-refractivity contribution >= 4 is 0 Å². The van der Waals surface area contributed by atoms with Crippen molar-refractivity contribution in [2.24, 2.45) is 0 Å². The van der Waals surface area contributed by atoms with E-state index in [-0.39, 0.29) is 5.75 Å². The van der Waals surface area contributed by atoms with E-state index in [4.69, 9.17) is 4.74 Å². The van der Waals surface area contributed by atoms with Crippen LogP contribution in [0.5, 0.6) is 11.5 Å². The topological polar surface area (TPSA) is 49.7 Å². The maximum Gasteiger partial charge on any atom is 0.128 e. The van der Waals surface area contributed by atoms with Crippen LogP contribution in [0.15, 0.2) is 18.2 Å². The second-order valence-corrected chi connectivity index (χ2v) is 2.84. The van der Waals surface area contributed by atoms with Crippen molar-refractivity contribution in [3.8, 4) is 11.5 Å². The van der Waals surface area contributed by atoms with Gasteiger partial charge in [0.05, 0.1) is 18.3 Å². The highest BCUT2D eigenvalue weighted by Crippen LogP contribution is 2.37. The summed E-state index contributed by atoms with van der Waals surface area (Å²) >= 11 is 0. The Morgan fingerprint density at radius 3 is 3.00 bits per heavy atom. The van der Waals surface area contributed by atoms with E-state index in [1.54, 1.807) is 18.2 Å². The number of ether oxygens (including phenoxy) is 1. The van der Waals surface area contributed by atoms with Crippen LogP contribution >= 0.6 is 0 Å². The van der Waals surface area contributed by atoms with Gasteiger partial charge >= 0.3 is 0 Å². The van der Waals surface area contributed by atoms with Crippen LogP contribution in [-0.4, -0.2) is 16.8 Å². The monoisotopic (exact) mass is 166 g/mol. The van der Waals surface area contributed by atoms with Crippen LogP contribution in [0.2, 0.25) is 0 Å². The second-order valence-electron chi connectivity index (χ2n) is 2.84. The molecule has 64 valence electrons. The first-order valence-corrected chi connectivity index (χ1v) is 3.92. The average molecular weight is 166 g/mol. The summed E-state index contributed by atoms with van der Waals surface area (Å²) in [7, 11) is 0. The van der Waals surface area contributed by atoms with Gasteiger partial charge < -0.3 is 14.9 Å². The molecule has 0 aliphatic carbocycles. The number of rotatable bonds is 0. The van der Waals surface area contributed by atoms with Gasteiger partial charge in [0.25, 0.3) is 0 Å². The van der Waals surface area contributed by atoms with E-state index in [1.807, 2.05) is 0 Å². The summed E-state index contributed by atoms with van der Waals surface area (Å²) in [6.45, 7) is 0.512.